The molecule has 0 radical (unpaired) electrons. The van der Waals surface area contributed by atoms with Crippen molar-refractivity contribution in [1.29, 1.82) is 0 Å². The van der Waals surface area contributed by atoms with Gasteiger partial charge in [-0.05, 0) is 36.3 Å². The highest BCUT2D eigenvalue weighted by molar-refractivity contribution is 6.41. The quantitative estimate of drug-likeness (QED) is 0.0552. The van der Waals surface area contributed by atoms with Crippen LogP contribution in [0.15, 0.2) is 113 Å². The lowest BCUT2D eigenvalue weighted by molar-refractivity contribution is -0.147. The van der Waals surface area contributed by atoms with E-state index in [1.165, 1.54) is 22.9 Å². The molecule has 1 aromatic heterocycles. The maximum absolute atomic E-state index is 12.6. The molecule has 1 aliphatic heterocycles. The van der Waals surface area contributed by atoms with Gasteiger partial charge in [-0.3, -0.25) is 28.7 Å². The van der Waals surface area contributed by atoms with Crippen LogP contribution in [-0.2, 0) is 37.1 Å². The number of nitrogens with one attached hydrogen (secondary N) is 2. The summed E-state index contributed by atoms with van der Waals surface area (Å²) >= 11 is 0. The number of ketones is 1. The molecule has 2 atom stereocenters. The molecule has 1 aliphatic rings. The van der Waals surface area contributed by atoms with E-state index in [9.17, 15) is 29.1 Å². The second-order valence-corrected chi connectivity index (χ2v) is 11.3. The van der Waals surface area contributed by atoms with E-state index in [2.05, 4.69) is 10.3 Å². The van der Waals surface area contributed by atoms with E-state index in [0.29, 0.717) is 17.1 Å². The second-order valence-electron chi connectivity index (χ2n) is 11.3. The number of aromatic amines is 1. The van der Waals surface area contributed by atoms with Crippen molar-refractivity contribution in [2.75, 3.05) is 13.2 Å². The fraction of sp³-hybridized carbons (Fsp3) is 0.216. The molecule has 5 rings (SSSR count). The first kappa shape index (κ1) is 35.1. The number of aliphatic hydroxyl groups is 1. The third kappa shape index (κ3) is 9.90. The van der Waals surface area contributed by atoms with Gasteiger partial charge >= 0.3 is 11.7 Å². The topological polar surface area (TPSA) is 175 Å². The molecule has 0 unspecified atom stereocenters. The van der Waals surface area contributed by atoms with Crippen LogP contribution in [0, 0.1) is 6.92 Å². The average Bonchev–Trinajstić information content (AvgIpc) is 3.60. The number of hydrogen-bond acceptors (Lipinski definition) is 10. The van der Waals surface area contributed by atoms with Crippen molar-refractivity contribution in [3.05, 3.63) is 146 Å². The Hall–Kier alpha value is -6.21. The van der Waals surface area contributed by atoms with Crippen molar-refractivity contribution < 1.29 is 38.4 Å². The molecule has 3 N–H and O–H groups in total. The van der Waals surface area contributed by atoms with Crippen molar-refractivity contribution in [1.82, 2.24) is 14.9 Å². The van der Waals surface area contributed by atoms with Crippen LogP contribution in [0.25, 0.3) is 5.76 Å². The third-order valence-electron chi connectivity index (χ3n) is 7.41. The van der Waals surface area contributed by atoms with Crippen LogP contribution in [0.5, 0.6) is 11.5 Å². The number of aryl methyl sites for hydroxylation is 1. The first-order chi connectivity index (χ1) is 24.1. The van der Waals surface area contributed by atoms with Gasteiger partial charge in [0.25, 0.3) is 11.5 Å². The second kappa shape index (κ2) is 16.8. The Morgan fingerprint density at radius 1 is 0.920 bits per heavy atom. The summed E-state index contributed by atoms with van der Waals surface area (Å²) < 4.78 is 24.0. The van der Waals surface area contributed by atoms with Crippen molar-refractivity contribution in [3.8, 4) is 11.5 Å². The number of esters is 1. The molecule has 0 bridgehead atoms. The highest BCUT2D eigenvalue weighted by Gasteiger charge is 2.23. The standard InChI is InChI=1S/C37H35N3O10/c1-24-20-40(37(46)39-35(24)44)33-13-12-28(50-33)23-49-34(43)14-15-38-36(45)32(42)19-31(41)27-16-29(47-21-25-8-4-2-5-9-25)18-30(17-27)48-22-26-10-6-3-7-11-26/h2-13,16-20,28,33,41H,14-15,21-23H2,1H3,(H,38,45)(H,39,44,46)/b31-19-/t28-,33+/m0/s1. The van der Waals surface area contributed by atoms with Crippen LogP contribution in [0.3, 0.4) is 0 Å². The van der Waals surface area contributed by atoms with Gasteiger partial charge in [-0.1, -0.05) is 66.7 Å². The molecule has 258 valence electrons. The van der Waals surface area contributed by atoms with Gasteiger partial charge in [0.15, 0.2) is 6.23 Å². The fourth-order valence-corrected chi connectivity index (χ4v) is 4.77. The summed E-state index contributed by atoms with van der Waals surface area (Å²) in [6, 6.07) is 23.7. The molecule has 2 heterocycles. The molecule has 0 saturated heterocycles. The van der Waals surface area contributed by atoms with Crippen LogP contribution in [-0.4, -0.2) is 51.6 Å². The largest absolute Gasteiger partial charge is 0.507 e. The molecule has 50 heavy (non-hydrogen) atoms. The number of ether oxygens (including phenoxy) is 4. The van der Waals surface area contributed by atoms with Gasteiger partial charge in [0.1, 0.15) is 43.2 Å². The van der Waals surface area contributed by atoms with E-state index in [1.54, 1.807) is 25.1 Å². The van der Waals surface area contributed by atoms with E-state index < -0.39 is 47.0 Å². The Morgan fingerprint density at radius 3 is 2.16 bits per heavy atom. The molecule has 0 fully saturated rings. The Kier molecular flexibility index (Phi) is 11.8. The highest BCUT2D eigenvalue weighted by Crippen LogP contribution is 2.28. The smallest absolute Gasteiger partial charge is 0.330 e. The summed E-state index contributed by atoms with van der Waals surface area (Å²) in [6.07, 6.45) is 3.71. The van der Waals surface area contributed by atoms with Crippen molar-refractivity contribution in [2.24, 2.45) is 0 Å². The van der Waals surface area contributed by atoms with Gasteiger partial charge < -0.3 is 29.4 Å². The van der Waals surface area contributed by atoms with Gasteiger partial charge in [0.05, 0.1) is 6.42 Å². The number of amides is 1. The summed E-state index contributed by atoms with van der Waals surface area (Å²) in [5.41, 5.74) is 1.24. The van der Waals surface area contributed by atoms with Crippen molar-refractivity contribution in [2.45, 2.75) is 38.9 Å². The number of rotatable bonds is 15. The minimum Gasteiger partial charge on any atom is -0.507 e. The number of benzene rings is 3. The first-order valence-electron chi connectivity index (χ1n) is 15.7. The molecule has 1 amide bonds. The average molecular weight is 682 g/mol. The number of aromatic nitrogens is 2. The predicted molar refractivity (Wildman–Crippen MR) is 181 cm³/mol. The van der Waals surface area contributed by atoms with Gasteiger partial charge in [-0.2, -0.15) is 0 Å². The number of H-pyrrole nitrogens is 1. The van der Waals surface area contributed by atoms with Gasteiger partial charge in [0.2, 0.25) is 5.78 Å². The maximum atomic E-state index is 12.6. The lowest BCUT2D eigenvalue weighted by Crippen LogP contribution is -2.34. The molecule has 13 heteroatoms. The number of aliphatic hydroxyl groups excluding tert-OH is 1. The Bertz CT molecular complexity index is 1940. The third-order valence-corrected chi connectivity index (χ3v) is 7.41. The van der Waals surface area contributed by atoms with Crippen molar-refractivity contribution >= 4 is 23.4 Å². The number of carbonyl (C=O) groups excluding carboxylic acids is 3. The monoisotopic (exact) mass is 681 g/mol. The highest BCUT2D eigenvalue weighted by atomic mass is 16.6. The Balaban J connectivity index is 1.11. The van der Waals surface area contributed by atoms with Crippen molar-refractivity contribution in [3.63, 3.8) is 0 Å². The Labute approximate surface area is 286 Å². The van der Waals surface area contributed by atoms with E-state index in [-0.39, 0.29) is 38.3 Å². The molecular weight excluding hydrogens is 646 g/mol. The summed E-state index contributed by atoms with van der Waals surface area (Å²) in [4.78, 5) is 63.2. The van der Waals surface area contributed by atoms with Crippen LogP contribution in [0.4, 0.5) is 0 Å². The normalized spacial score (nSPS) is 15.3. The number of nitrogens with zero attached hydrogens (tertiary/aromatic N) is 1. The Morgan fingerprint density at radius 2 is 1.54 bits per heavy atom. The van der Waals surface area contributed by atoms with Crippen LogP contribution < -0.4 is 26.0 Å². The van der Waals surface area contributed by atoms with E-state index >= 15 is 0 Å². The van der Waals surface area contributed by atoms with E-state index in [1.807, 2.05) is 60.7 Å². The molecule has 4 aromatic rings. The zero-order valence-corrected chi connectivity index (χ0v) is 27.1. The number of hydrogen-bond donors (Lipinski definition) is 3. The zero-order chi connectivity index (χ0) is 35.5. The van der Waals surface area contributed by atoms with Crippen LogP contribution in [0.2, 0.25) is 0 Å². The minimum absolute atomic E-state index is 0.155. The molecule has 0 aliphatic carbocycles. The van der Waals surface area contributed by atoms with Gasteiger partial charge in [0, 0.05) is 36.0 Å². The molecular formula is C37H35N3O10. The minimum atomic E-state index is -1.04. The maximum Gasteiger partial charge on any atom is 0.330 e. The zero-order valence-electron chi connectivity index (χ0n) is 27.1. The molecule has 0 spiro atoms. The number of carbonyl (C=O) groups is 3. The summed E-state index contributed by atoms with van der Waals surface area (Å²) in [5, 5.41) is 13.1. The molecule has 0 saturated carbocycles. The lowest BCUT2D eigenvalue weighted by Gasteiger charge is -2.16. The van der Waals surface area contributed by atoms with E-state index in [4.69, 9.17) is 18.9 Å². The van der Waals surface area contributed by atoms with Crippen LogP contribution in [0.1, 0.15) is 34.9 Å². The summed E-state index contributed by atoms with van der Waals surface area (Å²) in [7, 11) is 0. The fourth-order valence-electron chi connectivity index (χ4n) is 4.77. The first-order valence-corrected chi connectivity index (χ1v) is 15.7. The van der Waals surface area contributed by atoms with Crippen LogP contribution >= 0.6 is 0 Å². The van der Waals surface area contributed by atoms with Gasteiger partial charge in [-0.15, -0.1) is 0 Å². The summed E-state index contributed by atoms with van der Waals surface area (Å²) in [5.74, 6) is -2.47. The molecule has 13 nitrogen and oxygen atoms in total. The van der Waals surface area contributed by atoms with E-state index in [0.717, 1.165) is 17.2 Å². The lowest BCUT2D eigenvalue weighted by atomic mass is 10.1. The SMILES string of the molecule is Cc1cn([C@H]2C=C[C@@H](COC(=O)CCNC(=O)C(=O)/C=C(\O)c3cc(OCc4ccccc4)cc(OCc4ccccc4)c3)O2)c(=O)[nH]c1=O. The molecule has 3 aromatic carbocycles. The van der Waals surface area contributed by atoms with Gasteiger partial charge in [-0.25, -0.2) is 4.79 Å². The summed E-state index contributed by atoms with van der Waals surface area (Å²) in [6.45, 7) is 1.70. The predicted octanol–water partition coefficient (Wildman–Crippen LogP) is 3.67.